The van der Waals surface area contributed by atoms with Crippen molar-refractivity contribution < 1.29 is 9.47 Å². The summed E-state index contributed by atoms with van der Waals surface area (Å²) in [6.45, 7) is 22.0. The van der Waals surface area contributed by atoms with Gasteiger partial charge in [0.1, 0.15) is 0 Å². The number of hydrogen-bond acceptors (Lipinski definition) is 3. The molecule has 7 rings (SSSR count). The van der Waals surface area contributed by atoms with Crippen molar-refractivity contribution in [2.24, 2.45) is 0 Å². The second-order valence-electron chi connectivity index (χ2n) is 20.7. The molecule has 2 aliphatic heterocycles. The lowest BCUT2D eigenvalue weighted by Gasteiger charge is -2.44. The number of unbranched alkanes of at least 4 members (excludes halogenated alkanes) is 10. The van der Waals surface area contributed by atoms with Crippen LogP contribution in [0.5, 0.6) is 0 Å². The molecule has 0 saturated carbocycles. The summed E-state index contributed by atoms with van der Waals surface area (Å²) in [5.41, 5.74) is 18.1. The Bertz CT molecular complexity index is 2060. The van der Waals surface area contributed by atoms with Crippen LogP contribution in [0.4, 0.5) is 17.1 Å². The van der Waals surface area contributed by atoms with Crippen molar-refractivity contribution in [2.45, 2.75) is 156 Å². The lowest BCUT2D eigenvalue weighted by atomic mass is 9.30. The van der Waals surface area contributed by atoms with Gasteiger partial charge < -0.3 is 14.4 Å². The first-order chi connectivity index (χ1) is 30.5. The Morgan fingerprint density at radius 2 is 0.810 bits per heavy atom. The van der Waals surface area contributed by atoms with E-state index in [2.05, 4.69) is 163 Å². The molecule has 0 saturated heterocycles. The van der Waals surface area contributed by atoms with Gasteiger partial charge in [-0.3, -0.25) is 0 Å². The quantitative estimate of drug-likeness (QED) is 0.0501. The maximum absolute atomic E-state index is 5.53. The van der Waals surface area contributed by atoms with Crippen molar-refractivity contribution in [3.05, 3.63) is 125 Å². The fourth-order valence-corrected chi connectivity index (χ4v) is 10.1. The third-order valence-electron chi connectivity index (χ3n) is 13.9. The molecule has 0 aromatic heterocycles. The molecule has 0 radical (unpaired) electrons. The minimum Gasteiger partial charge on any atom is -0.382 e. The van der Waals surface area contributed by atoms with E-state index >= 15 is 0 Å². The minimum atomic E-state index is 0.0231. The maximum Gasteiger partial charge on any atom is 0.246 e. The van der Waals surface area contributed by atoms with Crippen LogP contribution in [0.15, 0.2) is 103 Å². The molecule has 0 unspecified atom stereocenters. The molecule has 0 bridgehead atoms. The summed E-state index contributed by atoms with van der Waals surface area (Å²) in [7, 11) is 0. The van der Waals surface area contributed by atoms with Crippen LogP contribution in [-0.2, 0) is 33.1 Å². The lowest BCUT2D eigenvalue weighted by Crippen LogP contribution is -2.65. The molecule has 0 N–H and O–H groups in total. The summed E-state index contributed by atoms with van der Waals surface area (Å²) in [6.07, 6.45) is 17.6. The van der Waals surface area contributed by atoms with Crippen LogP contribution < -0.4 is 37.7 Å². The highest BCUT2D eigenvalue weighted by molar-refractivity contribution is 7.02. The van der Waals surface area contributed by atoms with Crippen molar-refractivity contribution >= 4 is 63.3 Å². The van der Waals surface area contributed by atoms with Crippen LogP contribution in [-0.4, -0.2) is 39.9 Å². The second kappa shape index (κ2) is 21.8. The van der Waals surface area contributed by atoms with E-state index in [1.165, 1.54) is 149 Å². The Morgan fingerprint density at radius 1 is 0.429 bits per heavy atom. The average Bonchev–Trinajstić information content (AvgIpc) is 3.27. The molecule has 5 aromatic rings. The smallest absolute Gasteiger partial charge is 0.246 e. The molecule has 0 spiro atoms. The molecule has 0 amide bonds. The summed E-state index contributed by atoms with van der Waals surface area (Å²) in [4.78, 5) is 2.67. The van der Waals surface area contributed by atoms with Gasteiger partial charge in [0.2, 0.25) is 13.4 Å². The standard InChI is InChI=1S/C58H77B2NO2/c1-9-62-40-21-17-13-11-15-19-24-44-28-34-48(35-29-44)59-50-38-32-46(57(3,4)5)42-54(50)61-55-43-47(58(6,7)8)33-39-51(55)60(53-27-23-26-52(59)56(53)61)49-36-30-45(31-37-49)25-20-16-12-14-18-22-41-63-10-2/h23,26-39,42-43H,9-22,24-25,40-41H2,1-8H3. The number of ether oxygens (including phenoxy) is 2. The number of benzene rings is 5. The Balaban J connectivity index is 1.20. The van der Waals surface area contributed by atoms with E-state index in [9.17, 15) is 0 Å². The number of nitrogens with zero attached hydrogens (tertiary/aromatic N) is 1. The van der Waals surface area contributed by atoms with Crippen molar-refractivity contribution in [1.82, 2.24) is 0 Å². The van der Waals surface area contributed by atoms with E-state index in [1.807, 2.05) is 0 Å². The first-order valence-corrected chi connectivity index (χ1v) is 25.0. The van der Waals surface area contributed by atoms with Crippen LogP contribution in [0.25, 0.3) is 0 Å². The first-order valence-electron chi connectivity index (χ1n) is 25.0. The van der Waals surface area contributed by atoms with Crippen LogP contribution in [0, 0.1) is 0 Å². The average molecular weight is 842 g/mol. The van der Waals surface area contributed by atoms with Crippen molar-refractivity contribution in [1.29, 1.82) is 0 Å². The van der Waals surface area contributed by atoms with E-state index in [0.717, 1.165) is 39.3 Å². The number of hydrogen-bond donors (Lipinski definition) is 0. The first kappa shape index (κ1) is 46.9. The topological polar surface area (TPSA) is 21.7 Å². The Hall–Kier alpha value is -4.05. The molecule has 0 aliphatic carbocycles. The SMILES string of the molecule is CCOCCCCCCCCc1ccc(B2c3ccc(C(C)(C)C)cc3N3c4cc(C(C)(C)C)ccc4B(c4ccc(CCCCCCCCOCC)cc4)c4cccc2c43)cc1. The molecule has 5 heteroatoms. The number of aryl methyl sites for hydroxylation is 2. The van der Waals surface area contributed by atoms with Gasteiger partial charge in [0.05, 0.1) is 0 Å². The Labute approximate surface area is 383 Å². The van der Waals surface area contributed by atoms with Crippen LogP contribution >= 0.6 is 0 Å². The van der Waals surface area contributed by atoms with Gasteiger partial charge in [0.25, 0.3) is 0 Å². The van der Waals surface area contributed by atoms with Crippen LogP contribution in [0.1, 0.15) is 155 Å². The van der Waals surface area contributed by atoms with Crippen molar-refractivity contribution in [3.8, 4) is 0 Å². The minimum absolute atomic E-state index is 0.0231. The number of para-hydroxylation sites is 1. The summed E-state index contributed by atoms with van der Waals surface area (Å²) in [6, 6.07) is 41.4. The van der Waals surface area contributed by atoms with Gasteiger partial charge in [-0.15, -0.1) is 0 Å². The fourth-order valence-electron chi connectivity index (χ4n) is 10.1. The van der Waals surface area contributed by atoms with Gasteiger partial charge >= 0.3 is 0 Å². The van der Waals surface area contributed by atoms with E-state index in [4.69, 9.17) is 9.47 Å². The third-order valence-corrected chi connectivity index (χ3v) is 13.9. The molecule has 2 aliphatic rings. The monoisotopic (exact) mass is 842 g/mol. The Morgan fingerprint density at radius 3 is 1.19 bits per heavy atom. The summed E-state index contributed by atoms with van der Waals surface area (Å²) in [5, 5.41) is 0. The van der Waals surface area contributed by atoms with Crippen LogP contribution in [0.3, 0.4) is 0 Å². The summed E-state index contributed by atoms with van der Waals surface area (Å²) >= 11 is 0. The van der Waals surface area contributed by atoms with Gasteiger partial charge in [0, 0.05) is 43.5 Å². The van der Waals surface area contributed by atoms with E-state index in [1.54, 1.807) is 0 Å². The van der Waals surface area contributed by atoms with Gasteiger partial charge in [-0.05, 0) is 119 Å². The van der Waals surface area contributed by atoms with Gasteiger partial charge in [-0.1, -0.05) is 195 Å². The normalized spacial score (nSPS) is 13.3. The number of anilines is 3. The van der Waals surface area contributed by atoms with Gasteiger partial charge in [0.15, 0.2) is 0 Å². The molecule has 0 fully saturated rings. The number of rotatable bonds is 22. The highest BCUT2D eigenvalue weighted by Gasteiger charge is 2.44. The van der Waals surface area contributed by atoms with Crippen LogP contribution in [0.2, 0.25) is 0 Å². The number of fused-ring (bicyclic) bond motifs is 4. The summed E-state index contributed by atoms with van der Waals surface area (Å²) < 4.78 is 11.1. The molecule has 63 heavy (non-hydrogen) atoms. The fraction of sp³-hybridized carbons (Fsp3) is 0.483. The van der Waals surface area contributed by atoms with Gasteiger partial charge in [-0.25, -0.2) is 0 Å². The zero-order valence-corrected chi connectivity index (χ0v) is 40.5. The van der Waals surface area contributed by atoms with Crippen molar-refractivity contribution in [2.75, 3.05) is 31.3 Å². The predicted octanol–water partition coefficient (Wildman–Crippen LogP) is 11.2. The zero-order chi connectivity index (χ0) is 44.4. The summed E-state index contributed by atoms with van der Waals surface area (Å²) in [5.74, 6) is 0. The molecule has 3 nitrogen and oxygen atoms in total. The van der Waals surface area contributed by atoms with Gasteiger partial charge in [-0.2, -0.15) is 0 Å². The maximum atomic E-state index is 5.53. The highest BCUT2D eigenvalue weighted by Crippen LogP contribution is 2.40. The molecule has 2 heterocycles. The lowest BCUT2D eigenvalue weighted by molar-refractivity contribution is 0.142. The molecule has 332 valence electrons. The molecular weight excluding hydrogens is 764 g/mol. The van der Waals surface area contributed by atoms with E-state index in [-0.39, 0.29) is 24.3 Å². The zero-order valence-electron chi connectivity index (χ0n) is 40.5. The molecule has 5 aromatic carbocycles. The van der Waals surface area contributed by atoms with E-state index in [0.29, 0.717) is 0 Å². The van der Waals surface area contributed by atoms with E-state index < -0.39 is 0 Å². The largest absolute Gasteiger partial charge is 0.382 e. The molecule has 0 atom stereocenters. The third kappa shape index (κ3) is 11.4. The Kier molecular flexibility index (Phi) is 16.2. The molecular formula is C58H77B2NO2. The highest BCUT2D eigenvalue weighted by atomic mass is 16.5. The predicted molar refractivity (Wildman–Crippen MR) is 277 cm³/mol. The second-order valence-corrected chi connectivity index (χ2v) is 20.7. The van der Waals surface area contributed by atoms with Crippen molar-refractivity contribution in [3.63, 3.8) is 0 Å².